The molecular formula is C17H12Cl3N3O4S. The molecule has 0 saturated heterocycles. The Morgan fingerprint density at radius 3 is 2.54 bits per heavy atom. The van der Waals surface area contributed by atoms with Crippen molar-refractivity contribution in [1.29, 1.82) is 0 Å². The molecule has 0 bridgehead atoms. The van der Waals surface area contributed by atoms with Crippen molar-refractivity contribution in [3.05, 3.63) is 69.7 Å². The van der Waals surface area contributed by atoms with Crippen LogP contribution in [0.15, 0.2) is 53.8 Å². The molecule has 0 saturated carbocycles. The number of amides is 1. The number of ether oxygens (including phenoxy) is 1. The Morgan fingerprint density at radius 2 is 1.82 bits per heavy atom. The minimum atomic E-state index is -4.25. The van der Waals surface area contributed by atoms with Gasteiger partial charge in [0.05, 0.1) is 22.8 Å². The molecule has 1 amide bonds. The fraction of sp³-hybridized carbons (Fsp3) is 0.0588. The molecule has 11 heteroatoms. The highest BCUT2D eigenvalue weighted by Gasteiger charge is 2.23. The number of methoxy groups -OCH3 is 1. The van der Waals surface area contributed by atoms with E-state index in [-0.39, 0.29) is 21.4 Å². The third-order valence-corrected chi connectivity index (χ3v) is 6.02. The Labute approximate surface area is 175 Å². The molecule has 28 heavy (non-hydrogen) atoms. The lowest BCUT2D eigenvalue weighted by Gasteiger charge is -2.09. The molecule has 1 heterocycles. The lowest BCUT2D eigenvalue weighted by Crippen LogP contribution is -2.31. The molecule has 2 aromatic carbocycles. The van der Waals surface area contributed by atoms with Crippen LogP contribution in [0.3, 0.4) is 0 Å². The maximum Gasteiger partial charge on any atom is 0.285 e. The number of hydrogen-bond acceptors (Lipinski definition) is 5. The van der Waals surface area contributed by atoms with Crippen LogP contribution in [0.1, 0.15) is 10.5 Å². The molecule has 7 nitrogen and oxygen atoms in total. The zero-order valence-electron chi connectivity index (χ0n) is 14.2. The third-order valence-electron chi connectivity index (χ3n) is 3.66. The summed E-state index contributed by atoms with van der Waals surface area (Å²) in [7, 11) is -2.87. The van der Waals surface area contributed by atoms with Gasteiger partial charge in [-0.2, -0.15) is 0 Å². The number of rotatable bonds is 5. The fourth-order valence-corrected chi connectivity index (χ4v) is 4.16. The van der Waals surface area contributed by atoms with Crippen molar-refractivity contribution in [1.82, 2.24) is 14.3 Å². The van der Waals surface area contributed by atoms with E-state index >= 15 is 0 Å². The van der Waals surface area contributed by atoms with Gasteiger partial charge in [-0.15, -0.1) is 0 Å². The van der Waals surface area contributed by atoms with Crippen molar-refractivity contribution in [2.45, 2.75) is 4.90 Å². The van der Waals surface area contributed by atoms with Crippen LogP contribution in [0, 0.1) is 0 Å². The molecule has 0 aliphatic carbocycles. The minimum absolute atomic E-state index is 0.0580. The SMILES string of the molecule is COc1ccc(Cl)c(S(=O)(=O)NC(=O)c2cn(-c3cc(Cl)ccc3Cl)cn2)c1. The summed E-state index contributed by atoms with van der Waals surface area (Å²) in [6.07, 6.45) is 2.65. The first-order valence-electron chi connectivity index (χ1n) is 7.61. The normalized spacial score (nSPS) is 11.3. The average Bonchev–Trinajstić information content (AvgIpc) is 3.14. The van der Waals surface area contributed by atoms with Crippen molar-refractivity contribution in [3.63, 3.8) is 0 Å². The Bertz CT molecular complexity index is 1160. The molecule has 0 spiro atoms. The number of carbonyl (C=O) groups excluding carboxylic acids is 1. The van der Waals surface area contributed by atoms with Gasteiger partial charge in [0, 0.05) is 17.3 Å². The van der Waals surface area contributed by atoms with Crippen molar-refractivity contribution >= 4 is 50.7 Å². The van der Waals surface area contributed by atoms with E-state index in [1.807, 2.05) is 4.72 Å². The molecule has 0 atom stereocenters. The van der Waals surface area contributed by atoms with Crippen LogP contribution in [-0.4, -0.2) is 31.0 Å². The number of benzene rings is 2. The van der Waals surface area contributed by atoms with Crippen molar-refractivity contribution in [3.8, 4) is 11.4 Å². The standard InChI is InChI=1S/C17H12Cl3N3O4S/c1-27-11-3-5-13(20)16(7-11)28(25,26)22-17(24)14-8-23(9-21-14)15-6-10(18)2-4-12(15)19/h2-9H,1H3,(H,22,24). The summed E-state index contributed by atoms with van der Waals surface area (Å²) in [4.78, 5) is 16.0. The van der Waals surface area contributed by atoms with Crippen LogP contribution in [0.4, 0.5) is 0 Å². The number of hydrogen-bond donors (Lipinski definition) is 1. The lowest BCUT2D eigenvalue weighted by molar-refractivity contribution is 0.0977. The van der Waals surface area contributed by atoms with E-state index in [1.54, 1.807) is 18.2 Å². The average molecular weight is 461 g/mol. The number of aromatic nitrogens is 2. The number of nitrogens with zero attached hydrogens (tertiary/aromatic N) is 2. The van der Waals surface area contributed by atoms with Gasteiger partial charge in [0.1, 0.15) is 22.7 Å². The quantitative estimate of drug-likeness (QED) is 0.622. The molecule has 0 fully saturated rings. The predicted molar refractivity (Wildman–Crippen MR) is 106 cm³/mol. The van der Waals surface area contributed by atoms with E-state index in [0.717, 1.165) is 0 Å². The summed E-state index contributed by atoms with van der Waals surface area (Å²) in [5, 5.41) is 0.760. The Kier molecular flexibility index (Phi) is 5.85. The Morgan fingerprint density at radius 1 is 1.11 bits per heavy atom. The van der Waals surface area contributed by atoms with E-state index < -0.39 is 15.9 Å². The van der Waals surface area contributed by atoms with Crippen molar-refractivity contribution < 1.29 is 17.9 Å². The molecule has 146 valence electrons. The van der Waals surface area contributed by atoms with Crippen molar-refractivity contribution in [2.24, 2.45) is 0 Å². The summed E-state index contributed by atoms with van der Waals surface area (Å²) in [5.74, 6) is -0.659. The zero-order chi connectivity index (χ0) is 20.5. The summed E-state index contributed by atoms with van der Waals surface area (Å²) < 4.78 is 33.4. The van der Waals surface area contributed by atoms with Gasteiger partial charge < -0.3 is 9.30 Å². The fourth-order valence-electron chi connectivity index (χ4n) is 2.30. The van der Waals surface area contributed by atoms with Crippen LogP contribution in [0.25, 0.3) is 5.69 Å². The number of carbonyl (C=O) groups is 1. The number of imidazole rings is 1. The number of halogens is 3. The first-order valence-corrected chi connectivity index (χ1v) is 10.2. The molecule has 3 rings (SSSR count). The number of nitrogens with one attached hydrogen (secondary N) is 1. The largest absolute Gasteiger partial charge is 0.497 e. The smallest absolute Gasteiger partial charge is 0.285 e. The minimum Gasteiger partial charge on any atom is -0.497 e. The van der Waals surface area contributed by atoms with Crippen LogP contribution in [-0.2, 0) is 10.0 Å². The Balaban J connectivity index is 1.88. The number of sulfonamides is 1. The molecule has 0 unspecified atom stereocenters. The first-order chi connectivity index (χ1) is 13.2. The van der Waals surface area contributed by atoms with Gasteiger partial charge in [0.25, 0.3) is 15.9 Å². The van der Waals surface area contributed by atoms with Crippen LogP contribution in [0.5, 0.6) is 5.75 Å². The van der Waals surface area contributed by atoms with Gasteiger partial charge in [-0.05, 0) is 30.3 Å². The maximum atomic E-state index is 12.5. The first kappa shape index (κ1) is 20.5. The van der Waals surface area contributed by atoms with Gasteiger partial charge in [-0.25, -0.2) is 18.1 Å². The van der Waals surface area contributed by atoms with Gasteiger partial charge in [0.2, 0.25) is 0 Å². The molecule has 1 aromatic heterocycles. The Hall–Kier alpha value is -2.26. The topological polar surface area (TPSA) is 90.3 Å². The van der Waals surface area contributed by atoms with Crippen LogP contribution in [0.2, 0.25) is 15.1 Å². The molecule has 0 radical (unpaired) electrons. The van der Waals surface area contributed by atoms with Gasteiger partial charge in [0.15, 0.2) is 0 Å². The lowest BCUT2D eigenvalue weighted by atomic mass is 10.3. The highest BCUT2D eigenvalue weighted by molar-refractivity contribution is 7.90. The summed E-state index contributed by atoms with van der Waals surface area (Å²) in [5.41, 5.74) is 0.345. The summed E-state index contributed by atoms with van der Waals surface area (Å²) >= 11 is 18.0. The molecule has 0 aliphatic rings. The van der Waals surface area contributed by atoms with Gasteiger partial charge in [-0.1, -0.05) is 34.8 Å². The monoisotopic (exact) mass is 459 g/mol. The van der Waals surface area contributed by atoms with Crippen molar-refractivity contribution in [2.75, 3.05) is 7.11 Å². The van der Waals surface area contributed by atoms with E-state index in [9.17, 15) is 13.2 Å². The molecule has 3 aromatic rings. The van der Waals surface area contributed by atoms with E-state index in [0.29, 0.717) is 15.7 Å². The van der Waals surface area contributed by atoms with Crippen LogP contribution >= 0.6 is 34.8 Å². The second kappa shape index (κ2) is 8.00. The second-order valence-electron chi connectivity index (χ2n) is 5.49. The molecular weight excluding hydrogens is 449 g/mol. The van der Waals surface area contributed by atoms with Crippen LogP contribution < -0.4 is 9.46 Å². The van der Waals surface area contributed by atoms with E-state index in [1.165, 1.54) is 42.4 Å². The molecule has 0 aliphatic heterocycles. The summed E-state index contributed by atoms with van der Waals surface area (Å²) in [6, 6.07) is 8.85. The maximum absolute atomic E-state index is 12.5. The highest BCUT2D eigenvalue weighted by Crippen LogP contribution is 2.27. The third kappa shape index (κ3) is 4.25. The predicted octanol–water partition coefficient (Wildman–Crippen LogP) is 3.96. The highest BCUT2D eigenvalue weighted by atomic mass is 35.5. The van der Waals surface area contributed by atoms with Gasteiger partial charge in [-0.3, -0.25) is 4.79 Å². The second-order valence-corrected chi connectivity index (χ2v) is 8.39. The molecule has 1 N–H and O–H groups in total. The van der Waals surface area contributed by atoms with E-state index in [2.05, 4.69) is 4.98 Å². The summed E-state index contributed by atoms with van der Waals surface area (Å²) in [6.45, 7) is 0. The zero-order valence-corrected chi connectivity index (χ0v) is 17.3. The van der Waals surface area contributed by atoms with Gasteiger partial charge >= 0.3 is 0 Å². The van der Waals surface area contributed by atoms with E-state index in [4.69, 9.17) is 39.5 Å².